The van der Waals surface area contributed by atoms with E-state index in [-0.39, 0.29) is 0 Å². The SMILES string of the molecule is COCCN(C)C(CN)CCc1ccccc1. The van der Waals surface area contributed by atoms with Crippen molar-refractivity contribution in [2.45, 2.75) is 18.9 Å². The van der Waals surface area contributed by atoms with E-state index in [4.69, 9.17) is 10.5 Å². The summed E-state index contributed by atoms with van der Waals surface area (Å²) in [6.45, 7) is 2.40. The second-order valence-corrected chi connectivity index (χ2v) is 4.39. The summed E-state index contributed by atoms with van der Waals surface area (Å²) in [4.78, 5) is 2.28. The van der Waals surface area contributed by atoms with Gasteiger partial charge in [-0.2, -0.15) is 0 Å². The normalized spacial score (nSPS) is 12.9. The Balaban J connectivity index is 2.36. The zero-order valence-corrected chi connectivity index (χ0v) is 10.9. The minimum atomic E-state index is 0.436. The lowest BCUT2D eigenvalue weighted by atomic mass is 10.0. The lowest BCUT2D eigenvalue weighted by Gasteiger charge is -2.26. The molecule has 0 aromatic heterocycles. The largest absolute Gasteiger partial charge is 0.383 e. The molecular weight excluding hydrogens is 212 g/mol. The number of methoxy groups -OCH3 is 1. The minimum Gasteiger partial charge on any atom is -0.383 e. The molecule has 0 heterocycles. The van der Waals surface area contributed by atoms with Gasteiger partial charge in [-0.25, -0.2) is 0 Å². The van der Waals surface area contributed by atoms with Crippen molar-refractivity contribution in [1.82, 2.24) is 4.90 Å². The van der Waals surface area contributed by atoms with Crippen molar-refractivity contribution in [3.63, 3.8) is 0 Å². The molecule has 2 N–H and O–H groups in total. The van der Waals surface area contributed by atoms with Gasteiger partial charge in [0.1, 0.15) is 0 Å². The first-order valence-corrected chi connectivity index (χ1v) is 6.21. The number of aryl methyl sites for hydroxylation is 1. The third-order valence-electron chi connectivity index (χ3n) is 3.15. The van der Waals surface area contributed by atoms with Crippen molar-refractivity contribution < 1.29 is 4.74 Å². The van der Waals surface area contributed by atoms with E-state index in [2.05, 4.69) is 42.3 Å². The fraction of sp³-hybridized carbons (Fsp3) is 0.571. The molecule has 0 amide bonds. The van der Waals surface area contributed by atoms with E-state index >= 15 is 0 Å². The van der Waals surface area contributed by atoms with Crippen LogP contribution in [0.25, 0.3) is 0 Å². The number of ether oxygens (including phenoxy) is 1. The van der Waals surface area contributed by atoms with Gasteiger partial charge < -0.3 is 10.5 Å². The van der Waals surface area contributed by atoms with Gasteiger partial charge >= 0.3 is 0 Å². The lowest BCUT2D eigenvalue weighted by Crippen LogP contribution is -2.40. The average Bonchev–Trinajstić information content (AvgIpc) is 2.38. The number of nitrogens with zero attached hydrogens (tertiary/aromatic N) is 1. The smallest absolute Gasteiger partial charge is 0.0589 e. The number of rotatable bonds is 8. The third-order valence-corrected chi connectivity index (χ3v) is 3.15. The van der Waals surface area contributed by atoms with Crippen molar-refractivity contribution in [2.24, 2.45) is 5.73 Å². The first-order valence-electron chi connectivity index (χ1n) is 6.21. The molecule has 0 spiro atoms. The Bertz CT molecular complexity index is 290. The second kappa shape index (κ2) is 8.23. The van der Waals surface area contributed by atoms with Crippen LogP contribution in [0, 0.1) is 0 Å². The summed E-state index contributed by atoms with van der Waals surface area (Å²) in [5.41, 5.74) is 7.21. The fourth-order valence-electron chi connectivity index (χ4n) is 1.91. The zero-order chi connectivity index (χ0) is 12.5. The molecule has 0 aliphatic carbocycles. The van der Waals surface area contributed by atoms with Gasteiger partial charge in [-0.3, -0.25) is 4.90 Å². The van der Waals surface area contributed by atoms with E-state index in [0.717, 1.165) is 26.0 Å². The van der Waals surface area contributed by atoms with Gasteiger partial charge in [-0.05, 0) is 25.5 Å². The first kappa shape index (κ1) is 14.2. The van der Waals surface area contributed by atoms with E-state index in [1.54, 1.807) is 7.11 Å². The van der Waals surface area contributed by atoms with Gasteiger partial charge in [0.15, 0.2) is 0 Å². The van der Waals surface area contributed by atoms with Crippen LogP contribution >= 0.6 is 0 Å². The Morgan fingerprint density at radius 1 is 1.29 bits per heavy atom. The molecule has 96 valence electrons. The summed E-state index contributed by atoms with van der Waals surface area (Å²) in [7, 11) is 3.84. The Labute approximate surface area is 105 Å². The number of hydrogen-bond acceptors (Lipinski definition) is 3. The molecule has 0 aliphatic heterocycles. The zero-order valence-electron chi connectivity index (χ0n) is 10.9. The van der Waals surface area contributed by atoms with Crippen molar-refractivity contribution >= 4 is 0 Å². The van der Waals surface area contributed by atoms with Crippen LogP contribution in [0.4, 0.5) is 0 Å². The number of likely N-dealkylation sites (N-methyl/N-ethyl adjacent to an activating group) is 1. The highest BCUT2D eigenvalue weighted by Crippen LogP contribution is 2.08. The average molecular weight is 236 g/mol. The second-order valence-electron chi connectivity index (χ2n) is 4.39. The standard InChI is InChI=1S/C14H24N2O/c1-16(10-11-17-2)14(12-15)9-8-13-6-4-3-5-7-13/h3-7,14H,8-12,15H2,1-2H3. The highest BCUT2D eigenvalue weighted by molar-refractivity contribution is 5.14. The van der Waals surface area contributed by atoms with Crippen LogP contribution in [-0.4, -0.2) is 44.8 Å². The molecule has 0 fully saturated rings. The summed E-state index contributed by atoms with van der Waals surface area (Å²) in [6, 6.07) is 11.0. The van der Waals surface area contributed by atoms with Crippen molar-refractivity contribution in [3.8, 4) is 0 Å². The van der Waals surface area contributed by atoms with E-state index in [1.165, 1.54) is 5.56 Å². The molecule has 1 aromatic rings. The van der Waals surface area contributed by atoms with Gasteiger partial charge in [-0.1, -0.05) is 30.3 Å². The van der Waals surface area contributed by atoms with Gasteiger partial charge in [-0.15, -0.1) is 0 Å². The Hall–Kier alpha value is -0.900. The molecule has 3 nitrogen and oxygen atoms in total. The Kier molecular flexibility index (Phi) is 6.86. The molecule has 0 saturated heterocycles. The van der Waals surface area contributed by atoms with Crippen LogP contribution in [0.1, 0.15) is 12.0 Å². The summed E-state index contributed by atoms with van der Waals surface area (Å²) < 4.78 is 5.09. The third kappa shape index (κ3) is 5.31. The molecular formula is C14H24N2O. The maximum atomic E-state index is 5.83. The lowest BCUT2D eigenvalue weighted by molar-refractivity contribution is 0.137. The molecule has 0 saturated carbocycles. The van der Waals surface area contributed by atoms with Gasteiger partial charge in [0.25, 0.3) is 0 Å². The predicted molar refractivity (Wildman–Crippen MR) is 72.1 cm³/mol. The van der Waals surface area contributed by atoms with Crippen LogP contribution < -0.4 is 5.73 Å². The quantitative estimate of drug-likeness (QED) is 0.744. The van der Waals surface area contributed by atoms with Gasteiger partial charge in [0.05, 0.1) is 6.61 Å². The highest BCUT2D eigenvalue weighted by Gasteiger charge is 2.12. The Morgan fingerprint density at radius 3 is 2.59 bits per heavy atom. The molecule has 0 radical (unpaired) electrons. The number of hydrogen-bond donors (Lipinski definition) is 1. The molecule has 3 heteroatoms. The first-order chi connectivity index (χ1) is 8.27. The van der Waals surface area contributed by atoms with E-state index in [9.17, 15) is 0 Å². The summed E-state index contributed by atoms with van der Waals surface area (Å²) in [5.74, 6) is 0. The van der Waals surface area contributed by atoms with Gasteiger partial charge in [0, 0.05) is 26.2 Å². The highest BCUT2D eigenvalue weighted by atomic mass is 16.5. The number of nitrogens with two attached hydrogens (primary N) is 1. The topological polar surface area (TPSA) is 38.5 Å². The summed E-state index contributed by atoms with van der Waals surface area (Å²) in [6.07, 6.45) is 2.18. The van der Waals surface area contributed by atoms with E-state index in [0.29, 0.717) is 12.6 Å². The molecule has 0 bridgehead atoms. The van der Waals surface area contributed by atoms with Crippen molar-refractivity contribution in [1.29, 1.82) is 0 Å². The van der Waals surface area contributed by atoms with E-state index in [1.807, 2.05) is 0 Å². The van der Waals surface area contributed by atoms with Crippen LogP contribution in [0.15, 0.2) is 30.3 Å². The van der Waals surface area contributed by atoms with Crippen LogP contribution in [-0.2, 0) is 11.2 Å². The van der Waals surface area contributed by atoms with Crippen LogP contribution in [0.5, 0.6) is 0 Å². The van der Waals surface area contributed by atoms with Crippen molar-refractivity contribution in [3.05, 3.63) is 35.9 Å². The monoisotopic (exact) mass is 236 g/mol. The molecule has 1 aromatic carbocycles. The maximum absolute atomic E-state index is 5.83. The van der Waals surface area contributed by atoms with Crippen LogP contribution in [0.2, 0.25) is 0 Å². The Morgan fingerprint density at radius 2 is 2.00 bits per heavy atom. The maximum Gasteiger partial charge on any atom is 0.0589 e. The van der Waals surface area contributed by atoms with Gasteiger partial charge in [0.2, 0.25) is 0 Å². The van der Waals surface area contributed by atoms with E-state index < -0.39 is 0 Å². The molecule has 17 heavy (non-hydrogen) atoms. The van der Waals surface area contributed by atoms with Crippen molar-refractivity contribution in [2.75, 3.05) is 33.9 Å². The number of benzene rings is 1. The fourth-order valence-corrected chi connectivity index (χ4v) is 1.91. The summed E-state index contributed by atoms with van der Waals surface area (Å²) in [5, 5.41) is 0. The summed E-state index contributed by atoms with van der Waals surface area (Å²) >= 11 is 0. The molecule has 1 atom stereocenters. The molecule has 0 aliphatic rings. The minimum absolute atomic E-state index is 0.436. The molecule has 1 unspecified atom stereocenters. The van der Waals surface area contributed by atoms with Crippen LogP contribution in [0.3, 0.4) is 0 Å². The predicted octanol–water partition coefficient (Wildman–Crippen LogP) is 1.52. The molecule has 1 rings (SSSR count).